The molecule has 20 heavy (non-hydrogen) atoms. The average Bonchev–Trinajstić information content (AvgIpc) is 2.91. The number of anilines is 2. The van der Waals surface area contributed by atoms with Crippen LogP contribution < -0.4 is 10.2 Å². The van der Waals surface area contributed by atoms with Crippen LogP contribution in [0, 0.1) is 11.8 Å². The summed E-state index contributed by atoms with van der Waals surface area (Å²) in [4.78, 5) is 11.5. The lowest BCUT2D eigenvalue weighted by Gasteiger charge is -2.23. The van der Waals surface area contributed by atoms with Crippen LogP contribution in [0.15, 0.2) is 6.33 Å². The van der Waals surface area contributed by atoms with Gasteiger partial charge in [-0.2, -0.15) is 0 Å². The van der Waals surface area contributed by atoms with Gasteiger partial charge in [0.2, 0.25) is 0 Å². The van der Waals surface area contributed by atoms with Crippen LogP contribution >= 0.6 is 0 Å². The Morgan fingerprint density at radius 1 is 1.35 bits per heavy atom. The van der Waals surface area contributed by atoms with Crippen LogP contribution in [0.2, 0.25) is 0 Å². The summed E-state index contributed by atoms with van der Waals surface area (Å²) in [5.74, 6) is 3.72. The molecule has 1 saturated heterocycles. The summed E-state index contributed by atoms with van der Waals surface area (Å²) in [5, 5.41) is 3.38. The van der Waals surface area contributed by atoms with Crippen LogP contribution in [0.25, 0.3) is 0 Å². The smallest absolute Gasteiger partial charge is 0.137 e. The lowest BCUT2D eigenvalue weighted by molar-refractivity contribution is 0.422. The summed E-state index contributed by atoms with van der Waals surface area (Å²) >= 11 is 0. The zero-order valence-corrected chi connectivity index (χ0v) is 13.3. The van der Waals surface area contributed by atoms with E-state index in [1.807, 2.05) is 0 Å². The Kier molecular flexibility index (Phi) is 5.21. The van der Waals surface area contributed by atoms with Crippen molar-refractivity contribution in [3.05, 3.63) is 11.9 Å². The second-order valence-corrected chi connectivity index (χ2v) is 6.04. The molecule has 1 aliphatic rings. The maximum Gasteiger partial charge on any atom is 0.137 e. The Hall–Kier alpha value is -1.32. The first-order valence-electron chi connectivity index (χ1n) is 8.00. The maximum absolute atomic E-state index is 4.59. The quantitative estimate of drug-likeness (QED) is 0.865. The monoisotopic (exact) mass is 276 g/mol. The third kappa shape index (κ3) is 3.22. The minimum atomic E-state index is 0.754. The van der Waals surface area contributed by atoms with Gasteiger partial charge in [-0.05, 0) is 31.6 Å². The van der Waals surface area contributed by atoms with Crippen molar-refractivity contribution in [2.24, 2.45) is 11.8 Å². The van der Waals surface area contributed by atoms with Gasteiger partial charge in [0, 0.05) is 25.2 Å². The minimum Gasteiger partial charge on any atom is -0.370 e. The van der Waals surface area contributed by atoms with Gasteiger partial charge in [-0.3, -0.25) is 0 Å². The zero-order valence-electron chi connectivity index (χ0n) is 13.3. The Morgan fingerprint density at radius 2 is 2.15 bits per heavy atom. The van der Waals surface area contributed by atoms with E-state index >= 15 is 0 Å². The number of nitrogens with zero attached hydrogens (tertiary/aromatic N) is 3. The van der Waals surface area contributed by atoms with Gasteiger partial charge in [-0.1, -0.05) is 27.2 Å². The average molecular weight is 276 g/mol. The highest BCUT2D eigenvalue weighted by Crippen LogP contribution is 2.31. The summed E-state index contributed by atoms with van der Waals surface area (Å²) in [7, 11) is 0. The largest absolute Gasteiger partial charge is 0.370 e. The molecule has 0 amide bonds. The summed E-state index contributed by atoms with van der Waals surface area (Å²) in [6, 6.07) is 0. The highest BCUT2D eigenvalue weighted by molar-refractivity contribution is 5.59. The molecule has 1 fully saturated rings. The van der Waals surface area contributed by atoms with Gasteiger partial charge in [0.15, 0.2) is 0 Å². The fraction of sp³-hybridized carbons (Fsp3) is 0.750. The van der Waals surface area contributed by atoms with Gasteiger partial charge in [-0.15, -0.1) is 0 Å². The van der Waals surface area contributed by atoms with Gasteiger partial charge in [0.25, 0.3) is 0 Å². The molecule has 112 valence electrons. The Morgan fingerprint density at radius 3 is 2.75 bits per heavy atom. The lowest BCUT2D eigenvalue weighted by atomic mass is 9.95. The van der Waals surface area contributed by atoms with Crippen LogP contribution in [0.4, 0.5) is 11.6 Å². The highest BCUT2D eigenvalue weighted by Gasteiger charge is 2.27. The molecule has 0 aromatic carbocycles. The summed E-state index contributed by atoms with van der Waals surface area (Å²) in [6.45, 7) is 12.1. The first-order chi connectivity index (χ1) is 9.67. The van der Waals surface area contributed by atoms with Gasteiger partial charge < -0.3 is 10.2 Å². The highest BCUT2D eigenvalue weighted by atomic mass is 15.2. The zero-order chi connectivity index (χ0) is 14.5. The third-order valence-corrected chi connectivity index (χ3v) is 4.23. The molecule has 1 aromatic rings. The predicted octanol–water partition coefficient (Wildman–Crippen LogP) is 3.34. The summed E-state index contributed by atoms with van der Waals surface area (Å²) < 4.78 is 0. The molecule has 1 N–H and O–H groups in total. The van der Waals surface area contributed by atoms with E-state index in [9.17, 15) is 0 Å². The number of aromatic nitrogens is 2. The van der Waals surface area contributed by atoms with Crippen molar-refractivity contribution >= 4 is 11.6 Å². The molecule has 0 saturated carbocycles. The molecule has 1 aliphatic heterocycles. The predicted molar refractivity (Wildman–Crippen MR) is 85.3 cm³/mol. The van der Waals surface area contributed by atoms with Crippen molar-refractivity contribution in [2.75, 3.05) is 29.9 Å². The van der Waals surface area contributed by atoms with E-state index in [-0.39, 0.29) is 0 Å². The first-order valence-corrected chi connectivity index (χ1v) is 8.00. The number of hydrogen-bond donors (Lipinski definition) is 1. The molecule has 0 radical (unpaired) electrons. The standard InChI is InChI=1S/C16H28N4/c1-5-7-14-15(17-6-2)18-11-19-16(14)20-9-8-13(10-20)12(3)4/h11-13H,5-10H2,1-4H3,(H,17,18,19). The molecule has 4 nitrogen and oxygen atoms in total. The fourth-order valence-corrected chi connectivity index (χ4v) is 3.00. The molecular weight excluding hydrogens is 248 g/mol. The van der Waals surface area contributed by atoms with E-state index in [2.05, 4.69) is 47.9 Å². The molecule has 0 spiro atoms. The summed E-state index contributed by atoms with van der Waals surface area (Å²) in [6.07, 6.45) is 5.15. The molecule has 1 atom stereocenters. The van der Waals surface area contributed by atoms with E-state index in [0.29, 0.717) is 0 Å². The van der Waals surface area contributed by atoms with Gasteiger partial charge in [-0.25, -0.2) is 9.97 Å². The van der Waals surface area contributed by atoms with E-state index < -0.39 is 0 Å². The first kappa shape index (κ1) is 15.1. The minimum absolute atomic E-state index is 0.754. The molecule has 2 heterocycles. The number of rotatable bonds is 6. The second kappa shape index (κ2) is 6.91. The van der Waals surface area contributed by atoms with Crippen LogP contribution in [0.3, 0.4) is 0 Å². The molecule has 4 heteroatoms. The molecule has 2 rings (SSSR count). The molecule has 1 aromatic heterocycles. The Balaban J connectivity index is 2.24. The van der Waals surface area contributed by atoms with E-state index in [4.69, 9.17) is 0 Å². The van der Waals surface area contributed by atoms with Crippen molar-refractivity contribution in [1.29, 1.82) is 0 Å². The second-order valence-electron chi connectivity index (χ2n) is 6.04. The third-order valence-electron chi connectivity index (χ3n) is 4.23. The van der Waals surface area contributed by atoms with Crippen LogP contribution in [-0.4, -0.2) is 29.6 Å². The van der Waals surface area contributed by atoms with Gasteiger partial charge in [0.05, 0.1) is 0 Å². The normalized spacial score (nSPS) is 18.9. The summed E-state index contributed by atoms with van der Waals surface area (Å²) in [5.41, 5.74) is 1.29. The van der Waals surface area contributed by atoms with Crippen molar-refractivity contribution in [2.45, 2.75) is 47.0 Å². The van der Waals surface area contributed by atoms with Crippen molar-refractivity contribution in [3.8, 4) is 0 Å². The lowest BCUT2D eigenvalue weighted by Crippen LogP contribution is -2.24. The molecular formula is C16H28N4. The topological polar surface area (TPSA) is 41.1 Å². The molecule has 0 aliphatic carbocycles. The van der Waals surface area contributed by atoms with Crippen LogP contribution in [-0.2, 0) is 6.42 Å². The SMILES string of the molecule is CCCc1c(NCC)ncnc1N1CCC(C(C)C)C1. The van der Waals surface area contributed by atoms with E-state index in [0.717, 1.165) is 55.9 Å². The maximum atomic E-state index is 4.59. The van der Waals surface area contributed by atoms with Gasteiger partial charge in [0.1, 0.15) is 18.0 Å². The number of nitrogens with one attached hydrogen (secondary N) is 1. The Bertz CT molecular complexity index is 430. The van der Waals surface area contributed by atoms with E-state index in [1.165, 1.54) is 12.0 Å². The van der Waals surface area contributed by atoms with Crippen LogP contribution in [0.1, 0.15) is 46.1 Å². The van der Waals surface area contributed by atoms with Gasteiger partial charge >= 0.3 is 0 Å². The Labute approximate surface area is 123 Å². The molecule has 0 bridgehead atoms. The van der Waals surface area contributed by atoms with Crippen molar-refractivity contribution in [3.63, 3.8) is 0 Å². The molecule has 1 unspecified atom stereocenters. The van der Waals surface area contributed by atoms with Crippen molar-refractivity contribution in [1.82, 2.24) is 9.97 Å². The van der Waals surface area contributed by atoms with Crippen LogP contribution in [0.5, 0.6) is 0 Å². The fourth-order valence-electron chi connectivity index (χ4n) is 3.00. The van der Waals surface area contributed by atoms with E-state index in [1.54, 1.807) is 6.33 Å². The van der Waals surface area contributed by atoms with Crippen molar-refractivity contribution < 1.29 is 0 Å². The number of hydrogen-bond acceptors (Lipinski definition) is 4.